The Kier molecular flexibility index (Phi) is 8.17. The average Bonchev–Trinajstić information content (AvgIpc) is 2.21. The Morgan fingerprint density at radius 2 is 2.07 bits per heavy atom. The maximum atomic E-state index is 11.5. The maximum absolute atomic E-state index is 11.5. The van der Waals surface area contributed by atoms with Crippen molar-refractivity contribution in [3.05, 3.63) is 0 Å². The minimum atomic E-state index is -0.975. The summed E-state index contributed by atoms with van der Waals surface area (Å²) >= 11 is 0. The van der Waals surface area contributed by atoms with Crippen LogP contribution < -0.4 is 0 Å². The fourth-order valence-corrected chi connectivity index (χ4v) is 3.41. The molecule has 1 amide bonds. The highest BCUT2D eigenvalue weighted by molar-refractivity contribution is 9.09. The third kappa shape index (κ3) is 6.21. The molecule has 0 bridgehead atoms. The number of hydrogen-bond acceptors (Lipinski definition) is 5. The largest absolute Gasteiger partial charge is 0.480 e. The second-order valence-electron chi connectivity index (χ2n) is 2.83. The predicted molar refractivity (Wildman–Crippen MR) is 68.0 cm³/mol. The summed E-state index contributed by atoms with van der Waals surface area (Å²) in [6.45, 7) is 1.50. The molecule has 1 atom stereocenters. The smallest absolute Gasteiger partial charge is 0.326 e. The molecule has 0 aliphatic heterocycles. The van der Waals surface area contributed by atoms with Crippen LogP contribution in [0.25, 0.3) is 0 Å². The monoisotopic (exact) mass is 269 g/mol. The van der Waals surface area contributed by atoms with Gasteiger partial charge in [0, 0.05) is 19.2 Å². The van der Waals surface area contributed by atoms with E-state index in [0.717, 1.165) is 0 Å². The van der Waals surface area contributed by atoms with Crippen LogP contribution in [0.2, 0.25) is 0 Å². The number of nitrogens with zero attached hydrogens (tertiary/aromatic N) is 1. The van der Waals surface area contributed by atoms with Gasteiger partial charge in [-0.05, 0) is 23.0 Å². The van der Waals surface area contributed by atoms with Gasteiger partial charge in [-0.2, -0.15) is 0 Å². The van der Waals surface area contributed by atoms with E-state index in [1.54, 1.807) is 31.4 Å². The van der Waals surface area contributed by atoms with Crippen molar-refractivity contribution < 1.29 is 14.7 Å². The number of likely N-dealkylation sites (N-methyl/N-ethyl adjacent to an activating group) is 1. The highest BCUT2D eigenvalue weighted by Crippen LogP contribution is 2.32. The fraction of sp³-hybridized carbons (Fsp3) is 0.750. The molecule has 0 aliphatic rings. The molecule has 7 heteroatoms. The lowest BCUT2D eigenvalue weighted by Gasteiger charge is -2.21. The maximum Gasteiger partial charge on any atom is 0.326 e. The molecule has 0 aliphatic carbocycles. The van der Waals surface area contributed by atoms with E-state index in [1.807, 2.05) is 6.26 Å². The van der Waals surface area contributed by atoms with E-state index in [4.69, 9.17) is 5.11 Å². The first-order valence-corrected chi connectivity index (χ1v) is 8.37. The Labute approximate surface area is 101 Å². The van der Waals surface area contributed by atoms with Crippen molar-refractivity contribution >= 4 is 43.3 Å². The van der Waals surface area contributed by atoms with E-state index in [0.29, 0.717) is 12.2 Å². The number of carbonyl (C=O) groups excluding carboxylic acids is 1. The molecule has 0 heterocycles. The van der Waals surface area contributed by atoms with Crippen molar-refractivity contribution in [1.29, 1.82) is 0 Å². The standard InChI is InChI=1S/C8H15NO3S3/c1-6(8(11)12)9(2)7(10)4-5-14-15-13-3/h6H,4-5H2,1-3H3,(H,11,12). The Morgan fingerprint density at radius 3 is 2.53 bits per heavy atom. The van der Waals surface area contributed by atoms with Gasteiger partial charge >= 0.3 is 5.97 Å². The highest BCUT2D eigenvalue weighted by Gasteiger charge is 2.20. The molecule has 0 aromatic heterocycles. The molecule has 1 N–H and O–H groups in total. The van der Waals surface area contributed by atoms with E-state index in [9.17, 15) is 9.59 Å². The van der Waals surface area contributed by atoms with Crippen LogP contribution >= 0.6 is 31.4 Å². The van der Waals surface area contributed by atoms with E-state index in [1.165, 1.54) is 18.9 Å². The topological polar surface area (TPSA) is 57.6 Å². The van der Waals surface area contributed by atoms with Crippen LogP contribution in [-0.2, 0) is 9.59 Å². The number of amides is 1. The van der Waals surface area contributed by atoms with Gasteiger partial charge < -0.3 is 10.0 Å². The van der Waals surface area contributed by atoms with E-state index >= 15 is 0 Å². The first-order valence-electron chi connectivity index (χ1n) is 4.31. The van der Waals surface area contributed by atoms with E-state index in [2.05, 4.69) is 0 Å². The predicted octanol–water partition coefficient (Wildman–Crippen LogP) is 1.97. The van der Waals surface area contributed by atoms with Gasteiger partial charge in [0.1, 0.15) is 6.04 Å². The first-order chi connectivity index (χ1) is 7.00. The molecule has 4 nitrogen and oxygen atoms in total. The van der Waals surface area contributed by atoms with E-state index < -0.39 is 12.0 Å². The van der Waals surface area contributed by atoms with Crippen LogP contribution in [0.5, 0.6) is 0 Å². The number of aliphatic carboxylic acids is 1. The van der Waals surface area contributed by atoms with Gasteiger partial charge in [0.15, 0.2) is 0 Å². The second-order valence-corrected chi connectivity index (χ2v) is 7.28. The van der Waals surface area contributed by atoms with Crippen molar-refractivity contribution in [2.24, 2.45) is 0 Å². The first kappa shape index (κ1) is 15.0. The molecule has 0 rings (SSSR count). The lowest BCUT2D eigenvalue weighted by Crippen LogP contribution is -2.40. The molecule has 88 valence electrons. The van der Waals surface area contributed by atoms with Crippen molar-refractivity contribution in [3.8, 4) is 0 Å². The summed E-state index contributed by atoms with van der Waals surface area (Å²) in [6.07, 6.45) is 2.35. The summed E-state index contributed by atoms with van der Waals surface area (Å²) in [4.78, 5) is 23.4. The lowest BCUT2D eigenvalue weighted by atomic mass is 10.3. The Hall–Kier alpha value is -0.0100. The third-order valence-corrected chi connectivity index (χ3v) is 5.74. The van der Waals surface area contributed by atoms with Crippen molar-refractivity contribution in [1.82, 2.24) is 4.90 Å². The molecule has 1 unspecified atom stereocenters. The number of carboxylic acids is 1. The zero-order valence-corrected chi connectivity index (χ0v) is 11.4. The zero-order valence-electron chi connectivity index (χ0n) is 8.93. The molecular formula is C8H15NO3S3. The number of hydrogen-bond donors (Lipinski definition) is 1. The van der Waals surface area contributed by atoms with Gasteiger partial charge in [-0.15, -0.1) is 0 Å². The molecule has 0 saturated carbocycles. The Morgan fingerprint density at radius 1 is 1.47 bits per heavy atom. The van der Waals surface area contributed by atoms with Crippen molar-refractivity contribution in [3.63, 3.8) is 0 Å². The third-order valence-electron chi connectivity index (χ3n) is 1.85. The van der Waals surface area contributed by atoms with Crippen LogP contribution in [0.4, 0.5) is 0 Å². The quantitative estimate of drug-likeness (QED) is 0.563. The lowest BCUT2D eigenvalue weighted by molar-refractivity contribution is -0.148. The number of rotatable bonds is 7. The SMILES string of the molecule is CSSSCCC(=O)N(C)C(C)C(=O)O. The number of carboxylic acid groups (broad SMARTS) is 1. The molecule has 0 radical (unpaired) electrons. The summed E-state index contributed by atoms with van der Waals surface area (Å²) in [5.74, 6) is -0.391. The van der Waals surface area contributed by atoms with Gasteiger partial charge in [-0.1, -0.05) is 21.6 Å². The Balaban J connectivity index is 3.84. The van der Waals surface area contributed by atoms with Gasteiger partial charge in [0.25, 0.3) is 0 Å². The minimum absolute atomic E-state index is 0.126. The van der Waals surface area contributed by atoms with Crippen LogP contribution in [0, 0.1) is 0 Å². The van der Waals surface area contributed by atoms with Gasteiger partial charge in [0.05, 0.1) is 0 Å². The Bertz CT molecular complexity index is 225. The second kappa shape index (κ2) is 8.18. The van der Waals surface area contributed by atoms with Gasteiger partial charge in [-0.3, -0.25) is 4.79 Å². The van der Waals surface area contributed by atoms with E-state index in [-0.39, 0.29) is 5.91 Å². The molecule has 0 saturated heterocycles. The molecular weight excluding hydrogens is 254 g/mol. The van der Waals surface area contributed by atoms with Gasteiger partial charge in [-0.25, -0.2) is 4.79 Å². The fourth-order valence-electron chi connectivity index (χ4n) is 0.769. The summed E-state index contributed by atoms with van der Waals surface area (Å²) in [5, 5.41) is 8.70. The number of carbonyl (C=O) groups is 2. The highest BCUT2D eigenvalue weighted by atomic mass is 33.5. The summed E-state index contributed by atoms with van der Waals surface area (Å²) in [5.41, 5.74) is 0. The normalized spacial score (nSPS) is 12.2. The van der Waals surface area contributed by atoms with Crippen molar-refractivity contribution in [2.75, 3.05) is 19.1 Å². The molecule has 0 aromatic rings. The van der Waals surface area contributed by atoms with Crippen LogP contribution in [0.15, 0.2) is 0 Å². The average molecular weight is 269 g/mol. The zero-order chi connectivity index (χ0) is 11.8. The summed E-state index contributed by atoms with van der Waals surface area (Å²) < 4.78 is 0. The molecule has 0 aromatic carbocycles. The van der Waals surface area contributed by atoms with Crippen LogP contribution in [0.3, 0.4) is 0 Å². The van der Waals surface area contributed by atoms with Crippen LogP contribution in [-0.4, -0.2) is 47.0 Å². The molecule has 0 fully saturated rings. The minimum Gasteiger partial charge on any atom is -0.480 e. The molecule has 0 spiro atoms. The summed E-state index contributed by atoms with van der Waals surface area (Å²) in [7, 11) is 6.38. The van der Waals surface area contributed by atoms with Gasteiger partial charge in [0.2, 0.25) is 5.91 Å². The molecule has 15 heavy (non-hydrogen) atoms. The van der Waals surface area contributed by atoms with Crippen LogP contribution in [0.1, 0.15) is 13.3 Å². The van der Waals surface area contributed by atoms with Crippen molar-refractivity contribution in [2.45, 2.75) is 19.4 Å². The summed E-state index contributed by atoms with van der Waals surface area (Å²) in [6, 6.07) is -0.754.